The summed E-state index contributed by atoms with van der Waals surface area (Å²) in [7, 11) is 0. The van der Waals surface area contributed by atoms with E-state index in [1.165, 1.54) is 38.5 Å². The third-order valence-corrected chi connectivity index (χ3v) is 6.73. The Morgan fingerprint density at radius 3 is 1.24 bits per heavy atom. The molecule has 2 rings (SSSR count). The second-order valence-corrected chi connectivity index (χ2v) is 9.87. The number of oxime groups is 2. The van der Waals surface area contributed by atoms with Crippen molar-refractivity contribution in [3.05, 3.63) is 59.7 Å². The van der Waals surface area contributed by atoms with Gasteiger partial charge in [-0.1, -0.05) is 75.5 Å². The maximum Gasteiger partial charge on any atom is 0.119 e. The molecule has 0 aliphatic heterocycles. The summed E-state index contributed by atoms with van der Waals surface area (Å²) in [5.74, 6) is 1.71. The van der Waals surface area contributed by atoms with Crippen LogP contribution in [0.15, 0.2) is 58.8 Å². The van der Waals surface area contributed by atoms with Gasteiger partial charge in [0, 0.05) is 0 Å². The molecule has 2 aromatic rings. The van der Waals surface area contributed by atoms with Gasteiger partial charge in [0.25, 0.3) is 0 Å². The first-order chi connectivity index (χ1) is 18.7. The molecule has 0 spiro atoms. The van der Waals surface area contributed by atoms with E-state index < -0.39 is 0 Å². The van der Waals surface area contributed by atoms with E-state index in [4.69, 9.17) is 9.47 Å². The zero-order valence-corrected chi connectivity index (χ0v) is 23.5. The second kappa shape index (κ2) is 20.0. The topological polar surface area (TPSA) is 83.6 Å². The molecular formula is C32H48N2O4. The van der Waals surface area contributed by atoms with E-state index in [0.29, 0.717) is 24.3 Å². The average Bonchev–Trinajstić information content (AvgIpc) is 2.95. The summed E-state index contributed by atoms with van der Waals surface area (Å²) in [6.45, 7) is 5.88. The third-order valence-electron chi connectivity index (χ3n) is 6.73. The Balaban J connectivity index is 1.65. The van der Waals surface area contributed by atoms with Crippen LogP contribution in [0.3, 0.4) is 0 Å². The highest BCUT2D eigenvalue weighted by Gasteiger charge is 2.08. The van der Waals surface area contributed by atoms with Gasteiger partial charge in [-0.05, 0) is 98.2 Å². The number of nitrogens with zero attached hydrogens (tertiary/aromatic N) is 2. The average molecular weight is 525 g/mol. The Bertz CT molecular complexity index is 846. The Labute approximate surface area is 229 Å². The van der Waals surface area contributed by atoms with Crippen LogP contribution in [0.1, 0.15) is 115 Å². The lowest BCUT2D eigenvalue weighted by Crippen LogP contribution is -2.03. The summed E-state index contributed by atoms with van der Waals surface area (Å²) in [4.78, 5) is 0. The summed E-state index contributed by atoms with van der Waals surface area (Å²) in [6.07, 6.45) is 14.8. The molecule has 0 aliphatic carbocycles. The number of unbranched alkanes of at least 4 members (excludes halogenated alkanes) is 9. The van der Waals surface area contributed by atoms with Gasteiger partial charge in [0.15, 0.2) is 0 Å². The Kier molecular flexibility index (Phi) is 16.4. The van der Waals surface area contributed by atoms with E-state index in [9.17, 15) is 10.4 Å². The standard InChI is InChI=1S/C32H48N2O4/c1-3-5-7-13-25-37-29-21-17-27(18-22-29)31(33-35)15-11-9-10-12-16-32(34-36)28-19-23-30(24-20-28)38-26-14-8-6-4-2/h17-24,35-36H,3-16,25-26H2,1-2H3. The Morgan fingerprint density at radius 1 is 0.526 bits per heavy atom. The van der Waals surface area contributed by atoms with Crippen LogP contribution >= 0.6 is 0 Å². The van der Waals surface area contributed by atoms with Crippen molar-refractivity contribution in [3.8, 4) is 11.5 Å². The van der Waals surface area contributed by atoms with Crippen LogP contribution in [0, 0.1) is 0 Å². The van der Waals surface area contributed by atoms with Gasteiger partial charge in [-0.25, -0.2) is 0 Å². The lowest BCUT2D eigenvalue weighted by molar-refractivity contribution is 0.305. The summed E-state index contributed by atoms with van der Waals surface area (Å²) >= 11 is 0. The van der Waals surface area contributed by atoms with Crippen LogP contribution in [0.4, 0.5) is 0 Å². The van der Waals surface area contributed by atoms with Crippen molar-refractivity contribution in [2.45, 2.75) is 104 Å². The smallest absolute Gasteiger partial charge is 0.119 e. The molecule has 0 bridgehead atoms. The predicted octanol–water partition coefficient (Wildman–Crippen LogP) is 9.00. The minimum absolute atomic E-state index is 0.699. The maximum atomic E-state index is 9.51. The second-order valence-electron chi connectivity index (χ2n) is 9.87. The molecule has 0 saturated heterocycles. The molecule has 6 heteroatoms. The van der Waals surface area contributed by atoms with Crippen LogP contribution in [-0.4, -0.2) is 35.1 Å². The molecule has 6 nitrogen and oxygen atoms in total. The fraction of sp³-hybridized carbons (Fsp3) is 0.562. The zero-order chi connectivity index (χ0) is 27.3. The van der Waals surface area contributed by atoms with Crippen molar-refractivity contribution >= 4 is 11.4 Å². The van der Waals surface area contributed by atoms with Crippen molar-refractivity contribution in [2.75, 3.05) is 13.2 Å². The summed E-state index contributed by atoms with van der Waals surface area (Å²) in [5, 5.41) is 26.1. The van der Waals surface area contributed by atoms with E-state index in [2.05, 4.69) is 24.2 Å². The summed E-state index contributed by atoms with van der Waals surface area (Å²) in [5.41, 5.74) is 3.25. The SMILES string of the molecule is CCCCCCOc1ccc(C(CCCCCCC(=NO)c2ccc(OCCCCCC)cc2)=NO)cc1. The predicted molar refractivity (Wildman–Crippen MR) is 157 cm³/mol. The molecule has 0 aromatic heterocycles. The Morgan fingerprint density at radius 2 is 0.895 bits per heavy atom. The number of benzene rings is 2. The normalized spacial score (nSPS) is 12.1. The first kappa shape index (κ1) is 31.2. The van der Waals surface area contributed by atoms with Crippen molar-refractivity contribution in [1.29, 1.82) is 0 Å². The van der Waals surface area contributed by atoms with Crippen LogP contribution in [-0.2, 0) is 0 Å². The lowest BCUT2D eigenvalue weighted by atomic mass is 10.0. The summed E-state index contributed by atoms with van der Waals surface area (Å²) in [6, 6.07) is 15.6. The van der Waals surface area contributed by atoms with E-state index >= 15 is 0 Å². The first-order valence-electron chi connectivity index (χ1n) is 14.6. The molecule has 0 amide bonds. The van der Waals surface area contributed by atoms with E-state index in [0.717, 1.165) is 74.4 Å². The van der Waals surface area contributed by atoms with Crippen molar-refractivity contribution in [2.24, 2.45) is 10.3 Å². The third kappa shape index (κ3) is 12.5. The number of rotatable bonds is 21. The molecule has 38 heavy (non-hydrogen) atoms. The van der Waals surface area contributed by atoms with Gasteiger partial charge in [0.2, 0.25) is 0 Å². The first-order valence-corrected chi connectivity index (χ1v) is 14.6. The molecule has 0 fully saturated rings. The van der Waals surface area contributed by atoms with Gasteiger partial charge in [-0.15, -0.1) is 0 Å². The van der Waals surface area contributed by atoms with Crippen molar-refractivity contribution in [1.82, 2.24) is 0 Å². The minimum Gasteiger partial charge on any atom is -0.494 e. The van der Waals surface area contributed by atoms with Gasteiger partial charge < -0.3 is 19.9 Å². The number of hydrogen-bond acceptors (Lipinski definition) is 6. The van der Waals surface area contributed by atoms with Gasteiger partial charge in [-0.2, -0.15) is 0 Å². The molecule has 0 saturated carbocycles. The van der Waals surface area contributed by atoms with E-state index in [-0.39, 0.29) is 0 Å². The highest BCUT2D eigenvalue weighted by Crippen LogP contribution is 2.18. The molecule has 2 N–H and O–H groups in total. The van der Waals surface area contributed by atoms with Gasteiger partial charge in [0.1, 0.15) is 11.5 Å². The molecular weight excluding hydrogens is 476 g/mol. The van der Waals surface area contributed by atoms with Crippen LogP contribution in [0.2, 0.25) is 0 Å². The molecule has 0 atom stereocenters. The quantitative estimate of drug-likeness (QED) is 0.0738. The molecule has 210 valence electrons. The molecule has 0 unspecified atom stereocenters. The highest BCUT2D eigenvalue weighted by atomic mass is 16.5. The van der Waals surface area contributed by atoms with Gasteiger partial charge in [-0.3, -0.25) is 0 Å². The number of hydrogen-bond donors (Lipinski definition) is 2. The van der Waals surface area contributed by atoms with Crippen LogP contribution in [0.5, 0.6) is 11.5 Å². The zero-order valence-electron chi connectivity index (χ0n) is 23.5. The van der Waals surface area contributed by atoms with Crippen LogP contribution in [0.25, 0.3) is 0 Å². The highest BCUT2D eigenvalue weighted by molar-refractivity contribution is 6.00. The molecule has 0 radical (unpaired) electrons. The minimum atomic E-state index is 0.699. The Hall–Kier alpha value is -3.02. The van der Waals surface area contributed by atoms with Crippen LogP contribution < -0.4 is 9.47 Å². The summed E-state index contributed by atoms with van der Waals surface area (Å²) < 4.78 is 11.6. The van der Waals surface area contributed by atoms with E-state index in [1.807, 2.05) is 48.5 Å². The fourth-order valence-electron chi connectivity index (χ4n) is 4.37. The maximum absolute atomic E-state index is 9.51. The van der Waals surface area contributed by atoms with Crippen molar-refractivity contribution < 1.29 is 19.9 Å². The molecule has 2 aromatic carbocycles. The molecule has 0 aliphatic rings. The monoisotopic (exact) mass is 524 g/mol. The lowest BCUT2D eigenvalue weighted by Gasteiger charge is -2.09. The largest absolute Gasteiger partial charge is 0.494 e. The van der Waals surface area contributed by atoms with Gasteiger partial charge in [0.05, 0.1) is 24.6 Å². The van der Waals surface area contributed by atoms with Crippen molar-refractivity contribution in [3.63, 3.8) is 0 Å². The molecule has 0 heterocycles. The van der Waals surface area contributed by atoms with Gasteiger partial charge >= 0.3 is 0 Å². The fourth-order valence-corrected chi connectivity index (χ4v) is 4.37. The van der Waals surface area contributed by atoms with E-state index in [1.54, 1.807) is 0 Å². The number of ether oxygens (including phenoxy) is 2.